The maximum absolute atomic E-state index is 9.89. The predicted octanol–water partition coefficient (Wildman–Crippen LogP) is 5.23. The Hall–Kier alpha value is -3.89. The van der Waals surface area contributed by atoms with Crippen LogP contribution < -0.4 is 14.5 Å². The number of rotatable bonds is 6. The summed E-state index contributed by atoms with van der Waals surface area (Å²) in [5.74, 6) is 0.868. The normalized spacial score (nSPS) is 19.0. The molecule has 3 aliphatic rings. The molecule has 180 valence electrons. The van der Waals surface area contributed by atoms with Gasteiger partial charge in [-0.3, -0.25) is 0 Å². The third-order valence-electron chi connectivity index (χ3n) is 6.80. The van der Waals surface area contributed by atoms with Crippen LogP contribution in [-0.2, 0) is 4.74 Å². The van der Waals surface area contributed by atoms with Gasteiger partial charge in [-0.1, -0.05) is 6.08 Å². The molecule has 0 saturated carbocycles. The summed E-state index contributed by atoms with van der Waals surface area (Å²) in [5.41, 5.74) is 3.09. The van der Waals surface area contributed by atoms with Gasteiger partial charge in [-0.15, -0.1) is 0 Å². The second-order valence-electron chi connectivity index (χ2n) is 9.47. The van der Waals surface area contributed by atoms with Crippen LogP contribution in [0.25, 0.3) is 6.08 Å². The third-order valence-corrected chi connectivity index (χ3v) is 6.80. The lowest BCUT2D eigenvalue weighted by Crippen LogP contribution is -2.22. The summed E-state index contributed by atoms with van der Waals surface area (Å²) in [6, 6.07) is 10.2. The van der Waals surface area contributed by atoms with E-state index < -0.39 is 5.60 Å². The topological polar surface area (TPSA) is 96.3 Å². The SMILES string of the molecule is CCOc1cc(N2CCCC2)cc(N2CCCC2)c1/C=C/C1=C(C#N)C(=C(C#N)C#N)OC1(C)C. The highest BCUT2D eigenvalue weighted by Crippen LogP contribution is 2.43. The van der Waals surface area contributed by atoms with Crippen LogP contribution in [0.2, 0.25) is 0 Å². The standard InChI is InChI=1S/C28H31N5O2/c1-4-34-26-16-21(32-11-5-6-12-32)15-25(33-13-7-8-14-33)22(26)9-10-24-23(19-31)27(20(17-29)18-30)35-28(24,2)3/h9-10,15-16H,4-8,11-14H2,1-3H3/b10-9+. The van der Waals surface area contributed by atoms with Gasteiger partial charge >= 0.3 is 0 Å². The van der Waals surface area contributed by atoms with Crippen LogP contribution in [-0.4, -0.2) is 38.4 Å². The molecule has 0 amide bonds. The summed E-state index contributed by atoms with van der Waals surface area (Å²) in [4.78, 5) is 4.83. The minimum absolute atomic E-state index is 0.0522. The molecule has 4 rings (SSSR count). The number of benzene rings is 1. The van der Waals surface area contributed by atoms with Crippen molar-refractivity contribution in [3.63, 3.8) is 0 Å². The van der Waals surface area contributed by atoms with Gasteiger partial charge in [-0.2, -0.15) is 15.8 Å². The molecule has 2 saturated heterocycles. The number of nitrogens with zero attached hydrogens (tertiary/aromatic N) is 5. The molecule has 1 aromatic carbocycles. The molecule has 3 aliphatic heterocycles. The van der Waals surface area contributed by atoms with Gasteiger partial charge in [0.15, 0.2) is 11.3 Å². The fraction of sp³-hybridized carbons (Fsp3) is 0.464. The van der Waals surface area contributed by atoms with Gasteiger partial charge in [0, 0.05) is 54.8 Å². The van der Waals surface area contributed by atoms with E-state index in [0.29, 0.717) is 12.2 Å². The van der Waals surface area contributed by atoms with Gasteiger partial charge in [0.1, 0.15) is 35.1 Å². The van der Waals surface area contributed by atoms with Crippen LogP contribution in [0.1, 0.15) is 52.0 Å². The molecule has 1 aromatic rings. The zero-order valence-corrected chi connectivity index (χ0v) is 20.7. The van der Waals surface area contributed by atoms with Crippen LogP contribution in [0.15, 0.2) is 40.7 Å². The van der Waals surface area contributed by atoms with E-state index in [-0.39, 0.29) is 16.9 Å². The fourth-order valence-corrected chi connectivity index (χ4v) is 5.07. The minimum Gasteiger partial charge on any atom is -0.493 e. The van der Waals surface area contributed by atoms with Crippen molar-refractivity contribution in [1.82, 2.24) is 0 Å². The smallest absolute Gasteiger partial charge is 0.172 e. The molecule has 2 fully saturated rings. The first kappa shape index (κ1) is 24.2. The number of hydrogen-bond donors (Lipinski definition) is 0. The summed E-state index contributed by atoms with van der Waals surface area (Å²) >= 11 is 0. The lowest BCUT2D eigenvalue weighted by atomic mass is 9.93. The van der Waals surface area contributed by atoms with Gasteiger partial charge in [0.05, 0.1) is 6.61 Å². The average molecular weight is 470 g/mol. The first-order valence-corrected chi connectivity index (χ1v) is 12.3. The Bertz CT molecular complexity index is 1190. The Morgan fingerprint density at radius 1 is 1.00 bits per heavy atom. The molecular formula is C28H31N5O2. The molecule has 0 bridgehead atoms. The van der Waals surface area contributed by atoms with E-state index in [2.05, 4.69) is 28.0 Å². The molecule has 0 unspecified atom stereocenters. The van der Waals surface area contributed by atoms with Crippen LogP contribution in [0.5, 0.6) is 5.75 Å². The monoisotopic (exact) mass is 469 g/mol. The van der Waals surface area contributed by atoms with E-state index in [4.69, 9.17) is 9.47 Å². The van der Waals surface area contributed by atoms with Crippen molar-refractivity contribution in [3.8, 4) is 24.0 Å². The number of ether oxygens (including phenoxy) is 2. The average Bonchev–Trinajstić information content (AvgIpc) is 3.60. The van der Waals surface area contributed by atoms with Gasteiger partial charge in [0.2, 0.25) is 0 Å². The molecule has 7 nitrogen and oxygen atoms in total. The van der Waals surface area contributed by atoms with E-state index in [9.17, 15) is 15.8 Å². The van der Waals surface area contributed by atoms with E-state index >= 15 is 0 Å². The van der Waals surface area contributed by atoms with Crippen LogP contribution in [0.4, 0.5) is 11.4 Å². The Morgan fingerprint density at radius 3 is 2.20 bits per heavy atom. The van der Waals surface area contributed by atoms with E-state index in [1.807, 2.05) is 45.1 Å². The largest absolute Gasteiger partial charge is 0.493 e. The molecule has 0 spiro atoms. The van der Waals surface area contributed by atoms with Crippen LogP contribution in [0, 0.1) is 34.0 Å². The Morgan fingerprint density at radius 2 is 1.63 bits per heavy atom. The Kier molecular flexibility index (Phi) is 7.04. The van der Waals surface area contributed by atoms with Crippen molar-refractivity contribution < 1.29 is 9.47 Å². The van der Waals surface area contributed by atoms with Gasteiger partial charge in [0.25, 0.3) is 0 Å². The van der Waals surface area contributed by atoms with Crippen molar-refractivity contribution in [2.24, 2.45) is 0 Å². The summed E-state index contributed by atoms with van der Waals surface area (Å²) in [5, 5.41) is 28.6. The maximum atomic E-state index is 9.89. The van der Waals surface area contributed by atoms with E-state index in [1.165, 1.54) is 18.5 Å². The van der Waals surface area contributed by atoms with E-state index in [1.54, 1.807) is 0 Å². The number of anilines is 2. The summed E-state index contributed by atoms with van der Waals surface area (Å²) in [6.45, 7) is 10.3. The minimum atomic E-state index is -0.856. The summed E-state index contributed by atoms with van der Waals surface area (Å²) < 4.78 is 12.1. The molecule has 3 heterocycles. The van der Waals surface area contributed by atoms with Crippen molar-refractivity contribution in [1.29, 1.82) is 15.8 Å². The molecule has 0 N–H and O–H groups in total. The van der Waals surface area contributed by atoms with Gasteiger partial charge < -0.3 is 19.3 Å². The van der Waals surface area contributed by atoms with Gasteiger partial charge in [-0.25, -0.2) is 0 Å². The highest BCUT2D eigenvalue weighted by molar-refractivity contribution is 5.80. The van der Waals surface area contributed by atoms with Crippen molar-refractivity contribution in [3.05, 3.63) is 46.3 Å². The second-order valence-corrected chi connectivity index (χ2v) is 9.47. The van der Waals surface area contributed by atoms with E-state index in [0.717, 1.165) is 56.0 Å². The van der Waals surface area contributed by atoms with Gasteiger partial charge in [-0.05, 0) is 58.6 Å². The molecule has 0 radical (unpaired) electrons. The zero-order chi connectivity index (χ0) is 25.0. The number of nitriles is 3. The quantitative estimate of drug-likeness (QED) is 0.526. The molecule has 0 aliphatic carbocycles. The Balaban J connectivity index is 1.86. The molecule has 0 aromatic heterocycles. The second kappa shape index (κ2) is 10.2. The first-order valence-electron chi connectivity index (χ1n) is 12.3. The highest BCUT2D eigenvalue weighted by atomic mass is 16.5. The molecule has 0 atom stereocenters. The lowest BCUT2D eigenvalue weighted by Gasteiger charge is -2.27. The molecule has 35 heavy (non-hydrogen) atoms. The third kappa shape index (κ3) is 4.71. The predicted molar refractivity (Wildman–Crippen MR) is 136 cm³/mol. The number of hydrogen-bond acceptors (Lipinski definition) is 7. The van der Waals surface area contributed by atoms with Crippen molar-refractivity contribution in [2.75, 3.05) is 42.6 Å². The first-order chi connectivity index (χ1) is 16.9. The summed E-state index contributed by atoms with van der Waals surface area (Å²) in [7, 11) is 0. The maximum Gasteiger partial charge on any atom is 0.172 e. The fourth-order valence-electron chi connectivity index (χ4n) is 5.07. The van der Waals surface area contributed by atoms with Crippen molar-refractivity contribution in [2.45, 2.75) is 52.1 Å². The van der Waals surface area contributed by atoms with Crippen LogP contribution >= 0.6 is 0 Å². The number of allylic oxidation sites excluding steroid dienone is 2. The van der Waals surface area contributed by atoms with Crippen LogP contribution in [0.3, 0.4) is 0 Å². The highest BCUT2D eigenvalue weighted by Gasteiger charge is 2.38. The van der Waals surface area contributed by atoms with Crippen molar-refractivity contribution >= 4 is 17.5 Å². The molecular weight excluding hydrogens is 438 g/mol. The zero-order valence-electron chi connectivity index (χ0n) is 20.7. The Labute approximate surface area is 207 Å². The molecule has 7 heteroatoms. The lowest BCUT2D eigenvalue weighted by molar-refractivity contribution is 0.0954. The summed E-state index contributed by atoms with van der Waals surface area (Å²) in [6.07, 6.45) is 8.59.